The van der Waals surface area contributed by atoms with Crippen LogP contribution >= 0.6 is 11.8 Å². The molecule has 5 heteroatoms. The third-order valence-electron chi connectivity index (χ3n) is 5.25. The lowest BCUT2D eigenvalue weighted by Gasteiger charge is -2.23. The van der Waals surface area contributed by atoms with E-state index < -0.39 is 5.97 Å². The van der Waals surface area contributed by atoms with Gasteiger partial charge in [0.2, 0.25) is 5.91 Å². The van der Waals surface area contributed by atoms with E-state index in [1.807, 2.05) is 61.7 Å². The van der Waals surface area contributed by atoms with Gasteiger partial charge in [-0.1, -0.05) is 55.0 Å². The molecular formula is C26H31NO3S. The first-order valence-electron chi connectivity index (χ1n) is 11.0. The first kappa shape index (κ1) is 23.1. The molecule has 0 aliphatic heterocycles. The summed E-state index contributed by atoms with van der Waals surface area (Å²) in [7, 11) is 0. The molecule has 1 amide bonds. The van der Waals surface area contributed by atoms with E-state index in [0.717, 1.165) is 42.6 Å². The zero-order valence-corrected chi connectivity index (χ0v) is 19.0. The topological polar surface area (TPSA) is 46.6 Å². The normalized spacial score (nSPS) is 14.8. The van der Waals surface area contributed by atoms with Crippen LogP contribution in [0.3, 0.4) is 0 Å². The molecule has 3 rings (SSSR count). The molecule has 0 aromatic heterocycles. The molecule has 0 bridgehead atoms. The number of ether oxygens (including phenoxy) is 1. The van der Waals surface area contributed by atoms with E-state index in [-0.39, 0.29) is 18.4 Å². The summed E-state index contributed by atoms with van der Waals surface area (Å²) < 4.78 is 5.56. The number of benzene rings is 2. The van der Waals surface area contributed by atoms with Crippen molar-refractivity contribution in [2.45, 2.75) is 63.0 Å². The molecule has 0 spiro atoms. The zero-order valence-electron chi connectivity index (χ0n) is 18.2. The Kier molecular flexibility index (Phi) is 9.22. The average molecular weight is 438 g/mol. The number of thioether (sulfide) groups is 1. The van der Waals surface area contributed by atoms with E-state index in [0.29, 0.717) is 6.54 Å². The van der Waals surface area contributed by atoms with Gasteiger partial charge < -0.3 is 9.64 Å². The molecule has 2 aromatic carbocycles. The largest absolute Gasteiger partial charge is 0.462 e. The number of hydrogen-bond acceptors (Lipinski definition) is 4. The van der Waals surface area contributed by atoms with E-state index in [2.05, 4.69) is 12.1 Å². The highest BCUT2D eigenvalue weighted by Gasteiger charge is 2.22. The minimum Gasteiger partial charge on any atom is -0.462 e. The molecule has 1 saturated carbocycles. The fourth-order valence-corrected chi connectivity index (χ4v) is 4.46. The zero-order chi connectivity index (χ0) is 21.9. The Bertz CT molecular complexity index is 861. The van der Waals surface area contributed by atoms with Crippen LogP contribution in [0.15, 0.2) is 77.3 Å². The van der Waals surface area contributed by atoms with Crippen LogP contribution in [0.2, 0.25) is 0 Å². The second-order valence-corrected chi connectivity index (χ2v) is 9.06. The predicted molar refractivity (Wildman–Crippen MR) is 125 cm³/mol. The van der Waals surface area contributed by atoms with Gasteiger partial charge in [-0.2, -0.15) is 0 Å². The maximum atomic E-state index is 13.0. The minimum absolute atomic E-state index is 0.0313. The first-order valence-corrected chi connectivity index (χ1v) is 12.0. The highest BCUT2D eigenvalue weighted by atomic mass is 32.2. The smallest absolute Gasteiger partial charge is 0.315 e. The standard InChI is InChI=1S/C26H31NO3S/c1-21(20-31-24-15-9-4-10-16-24)18-27(19-22-11-5-2-6-12-22)25(28)17-26(29)30-23-13-7-3-8-14-23/h2,4-6,9-12,15-16,18,23H,3,7-8,13-14,17,19-20H2,1H3/b21-18+. The Hall–Kier alpha value is -2.53. The molecular weight excluding hydrogens is 406 g/mol. The Morgan fingerprint density at radius 3 is 2.32 bits per heavy atom. The maximum Gasteiger partial charge on any atom is 0.315 e. The van der Waals surface area contributed by atoms with Crippen LogP contribution < -0.4 is 0 Å². The lowest BCUT2D eigenvalue weighted by molar-refractivity contribution is -0.154. The van der Waals surface area contributed by atoms with Gasteiger partial charge in [0.1, 0.15) is 12.5 Å². The molecule has 0 N–H and O–H groups in total. The van der Waals surface area contributed by atoms with Crippen molar-refractivity contribution in [1.29, 1.82) is 0 Å². The quantitative estimate of drug-likeness (QED) is 0.275. The van der Waals surface area contributed by atoms with Gasteiger partial charge in [-0.25, -0.2) is 0 Å². The van der Waals surface area contributed by atoms with Gasteiger partial charge in [0, 0.05) is 16.8 Å². The molecule has 1 aliphatic carbocycles. The molecule has 4 nitrogen and oxygen atoms in total. The summed E-state index contributed by atoms with van der Waals surface area (Å²) in [6, 6.07) is 20.0. The van der Waals surface area contributed by atoms with Crippen molar-refractivity contribution in [1.82, 2.24) is 4.90 Å². The number of esters is 1. The third kappa shape index (κ3) is 8.25. The molecule has 0 radical (unpaired) electrons. The van der Waals surface area contributed by atoms with Crippen molar-refractivity contribution in [3.05, 3.63) is 78.0 Å². The van der Waals surface area contributed by atoms with Crippen molar-refractivity contribution >= 4 is 23.6 Å². The number of hydrogen-bond donors (Lipinski definition) is 0. The van der Waals surface area contributed by atoms with Crippen LogP contribution in [0.1, 0.15) is 51.0 Å². The summed E-state index contributed by atoms with van der Waals surface area (Å²) in [6.07, 6.45) is 6.81. The van der Waals surface area contributed by atoms with Crippen molar-refractivity contribution in [2.75, 3.05) is 5.75 Å². The van der Waals surface area contributed by atoms with E-state index in [4.69, 9.17) is 4.74 Å². The van der Waals surface area contributed by atoms with Gasteiger partial charge in [0.05, 0.1) is 6.54 Å². The van der Waals surface area contributed by atoms with Crippen LogP contribution in [-0.2, 0) is 20.9 Å². The highest BCUT2D eigenvalue weighted by Crippen LogP contribution is 2.22. The lowest BCUT2D eigenvalue weighted by Crippen LogP contribution is -2.30. The molecule has 0 unspecified atom stereocenters. The Morgan fingerprint density at radius 1 is 1.00 bits per heavy atom. The van der Waals surface area contributed by atoms with Crippen molar-refractivity contribution < 1.29 is 14.3 Å². The van der Waals surface area contributed by atoms with Crippen LogP contribution in [0.25, 0.3) is 0 Å². The SMILES string of the molecule is C/C(=C\N(Cc1ccccc1)C(=O)CC(=O)OC1CCCCC1)CSc1ccccc1. The Morgan fingerprint density at radius 2 is 1.65 bits per heavy atom. The average Bonchev–Trinajstić information content (AvgIpc) is 2.79. The van der Waals surface area contributed by atoms with Gasteiger partial charge in [-0.05, 0) is 55.9 Å². The molecule has 2 aromatic rings. The van der Waals surface area contributed by atoms with Crippen LogP contribution in [0, 0.1) is 0 Å². The Balaban J connectivity index is 1.63. The number of nitrogens with zero attached hydrogens (tertiary/aromatic N) is 1. The van der Waals surface area contributed by atoms with Gasteiger partial charge >= 0.3 is 5.97 Å². The molecule has 164 valence electrons. The molecule has 0 saturated heterocycles. The van der Waals surface area contributed by atoms with E-state index in [1.165, 1.54) is 11.3 Å². The van der Waals surface area contributed by atoms with Crippen molar-refractivity contribution in [3.63, 3.8) is 0 Å². The number of carbonyl (C=O) groups is 2. The summed E-state index contributed by atoms with van der Waals surface area (Å²) in [4.78, 5) is 28.2. The fourth-order valence-electron chi connectivity index (χ4n) is 3.64. The molecule has 0 atom stereocenters. The van der Waals surface area contributed by atoms with Crippen molar-refractivity contribution in [2.24, 2.45) is 0 Å². The van der Waals surface area contributed by atoms with Crippen LogP contribution in [-0.4, -0.2) is 28.6 Å². The third-order valence-corrected chi connectivity index (χ3v) is 6.45. The number of rotatable bonds is 9. The van der Waals surface area contributed by atoms with E-state index >= 15 is 0 Å². The van der Waals surface area contributed by atoms with Gasteiger partial charge in [-0.15, -0.1) is 11.8 Å². The van der Waals surface area contributed by atoms with Gasteiger partial charge in [0.15, 0.2) is 0 Å². The second kappa shape index (κ2) is 12.4. The first-order chi connectivity index (χ1) is 15.1. The van der Waals surface area contributed by atoms with Gasteiger partial charge in [-0.3, -0.25) is 9.59 Å². The minimum atomic E-state index is -0.417. The molecule has 1 fully saturated rings. The molecule has 1 aliphatic rings. The summed E-state index contributed by atoms with van der Waals surface area (Å²) >= 11 is 1.73. The summed E-state index contributed by atoms with van der Waals surface area (Å²) in [5, 5.41) is 0. The molecule has 31 heavy (non-hydrogen) atoms. The lowest BCUT2D eigenvalue weighted by atomic mass is 9.98. The number of amides is 1. The van der Waals surface area contributed by atoms with Gasteiger partial charge in [0.25, 0.3) is 0 Å². The van der Waals surface area contributed by atoms with Crippen LogP contribution in [0.5, 0.6) is 0 Å². The Labute approximate surface area is 189 Å². The predicted octanol–water partition coefficient (Wildman–Crippen LogP) is 5.98. The molecule has 0 heterocycles. The summed E-state index contributed by atoms with van der Waals surface area (Å²) in [5.41, 5.74) is 2.09. The van der Waals surface area contributed by atoms with Crippen molar-refractivity contribution in [3.8, 4) is 0 Å². The van der Waals surface area contributed by atoms with E-state index in [1.54, 1.807) is 16.7 Å². The van der Waals surface area contributed by atoms with E-state index in [9.17, 15) is 9.59 Å². The summed E-state index contributed by atoms with van der Waals surface area (Å²) in [6.45, 7) is 2.45. The maximum absolute atomic E-state index is 13.0. The highest BCUT2D eigenvalue weighted by molar-refractivity contribution is 7.99. The van der Waals surface area contributed by atoms with Crippen LogP contribution in [0.4, 0.5) is 0 Å². The second-order valence-electron chi connectivity index (χ2n) is 8.01. The fraction of sp³-hybridized carbons (Fsp3) is 0.385. The monoisotopic (exact) mass is 437 g/mol. The number of carbonyl (C=O) groups excluding carboxylic acids is 2. The summed E-state index contributed by atoms with van der Waals surface area (Å²) in [5.74, 6) is 0.128.